The Balaban J connectivity index is 1.38. The summed E-state index contributed by atoms with van der Waals surface area (Å²) < 4.78 is 6.07. The number of ether oxygens (including phenoxy) is 1. The number of nitrogens with two attached hydrogens (primary N) is 1. The topological polar surface area (TPSA) is 68.5 Å². The second-order valence-electron chi connectivity index (χ2n) is 7.00. The lowest BCUT2D eigenvalue weighted by molar-refractivity contribution is -0.124. The van der Waals surface area contributed by atoms with E-state index in [1.54, 1.807) is 6.20 Å². The number of carbonyl (C=O) groups is 1. The molecule has 0 radical (unpaired) electrons. The summed E-state index contributed by atoms with van der Waals surface area (Å²) in [7, 11) is 0. The average Bonchev–Trinajstić information content (AvgIpc) is 3.37. The molecule has 28 heavy (non-hydrogen) atoms. The lowest BCUT2D eigenvalue weighted by Gasteiger charge is -2.21. The van der Waals surface area contributed by atoms with Gasteiger partial charge in [0.15, 0.2) is 6.10 Å². The molecule has 3 aromatic rings. The summed E-state index contributed by atoms with van der Waals surface area (Å²) in [4.78, 5) is 20.4. The quantitative estimate of drug-likeness (QED) is 0.693. The van der Waals surface area contributed by atoms with Gasteiger partial charge in [-0.15, -0.1) is 0 Å². The van der Waals surface area contributed by atoms with Gasteiger partial charge in [-0.2, -0.15) is 0 Å². The summed E-state index contributed by atoms with van der Waals surface area (Å²) >= 11 is 1.19. The Bertz CT molecular complexity index is 1050. The molecule has 3 heterocycles. The van der Waals surface area contributed by atoms with E-state index in [1.807, 2.05) is 53.4 Å². The first-order valence-corrected chi connectivity index (χ1v) is 10.1. The second-order valence-corrected chi connectivity index (χ2v) is 7.70. The number of rotatable bonds is 3. The molecule has 2 aromatic carbocycles. The number of hydrogen-bond acceptors (Lipinski definition) is 5. The third kappa shape index (κ3) is 2.95. The fraction of sp³-hybridized carbons (Fsp3) is 0.182. The Morgan fingerprint density at radius 1 is 1.14 bits per heavy atom. The molecule has 2 aliphatic rings. The van der Waals surface area contributed by atoms with E-state index in [1.165, 1.54) is 17.5 Å². The highest BCUT2D eigenvalue weighted by molar-refractivity contribution is 7.97. The van der Waals surface area contributed by atoms with Crippen molar-refractivity contribution in [2.24, 2.45) is 5.14 Å². The maximum Gasteiger partial charge on any atom is 0.268 e. The van der Waals surface area contributed by atoms with Gasteiger partial charge in [-0.3, -0.25) is 14.9 Å². The first-order chi connectivity index (χ1) is 13.7. The smallest absolute Gasteiger partial charge is 0.268 e. The van der Waals surface area contributed by atoms with Crippen molar-refractivity contribution in [3.05, 3.63) is 71.9 Å². The third-order valence-electron chi connectivity index (χ3n) is 5.33. The molecule has 140 valence electrons. The van der Waals surface area contributed by atoms with Crippen molar-refractivity contribution in [1.82, 2.24) is 4.98 Å². The van der Waals surface area contributed by atoms with Gasteiger partial charge in [-0.25, -0.2) is 0 Å². The van der Waals surface area contributed by atoms with Crippen LogP contribution >= 0.6 is 11.9 Å². The van der Waals surface area contributed by atoms with E-state index in [2.05, 4.69) is 11.1 Å². The van der Waals surface area contributed by atoms with E-state index in [0.29, 0.717) is 13.0 Å². The molecule has 0 spiro atoms. The van der Waals surface area contributed by atoms with Crippen LogP contribution in [-0.2, 0) is 17.6 Å². The number of anilines is 1. The molecular weight excluding hydrogens is 370 g/mol. The van der Waals surface area contributed by atoms with Gasteiger partial charge in [0.05, 0.1) is 5.69 Å². The van der Waals surface area contributed by atoms with Gasteiger partial charge in [0, 0.05) is 35.3 Å². The first-order valence-electron chi connectivity index (χ1n) is 9.25. The zero-order valence-electron chi connectivity index (χ0n) is 15.2. The molecule has 2 N–H and O–H groups in total. The van der Waals surface area contributed by atoms with Gasteiger partial charge >= 0.3 is 0 Å². The molecule has 1 aromatic heterocycles. The summed E-state index contributed by atoms with van der Waals surface area (Å²) in [5, 5.41) is 5.69. The van der Waals surface area contributed by atoms with Crippen LogP contribution in [0.1, 0.15) is 11.1 Å². The highest BCUT2D eigenvalue weighted by atomic mass is 32.2. The van der Waals surface area contributed by atoms with Crippen molar-refractivity contribution < 1.29 is 9.53 Å². The third-order valence-corrected chi connectivity index (χ3v) is 5.86. The molecule has 5 nitrogen and oxygen atoms in total. The number of nitrogens with zero attached hydrogens (tertiary/aromatic N) is 2. The maximum absolute atomic E-state index is 13.2. The van der Waals surface area contributed by atoms with E-state index in [4.69, 9.17) is 9.88 Å². The standard InChI is InChI=1S/C22H19N3O2S/c23-28-17-7-6-14-8-10-25(19(14)13-17)22(26)21-12-16-5-4-15(11-20(16)27-21)18-3-1-2-9-24-18/h1-7,9,11,13,21H,8,10,12,23H2. The minimum atomic E-state index is -0.492. The highest BCUT2D eigenvalue weighted by Gasteiger charge is 2.35. The molecule has 1 unspecified atom stereocenters. The lowest BCUT2D eigenvalue weighted by Crippen LogP contribution is -2.40. The van der Waals surface area contributed by atoms with Gasteiger partial charge in [-0.05, 0) is 59.8 Å². The minimum absolute atomic E-state index is 0.00788. The van der Waals surface area contributed by atoms with Gasteiger partial charge in [-0.1, -0.05) is 24.3 Å². The normalized spacial score (nSPS) is 17.2. The average molecular weight is 389 g/mol. The highest BCUT2D eigenvalue weighted by Crippen LogP contribution is 2.36. The monoisotopic (exact) mass is 389 g/mol. The predicted molar refractivity (Wildman–Crippen MR) is 110 cm³/mol. The Hall–Kier alpha value is -2.83. The number of benzene rings is 2. The van der Waals surface area contributed by atoms with Crippen LogP contribution in [0.2, 0.25) is 0 Å². The Morgan fingerprint density at radius 2 is 2.04 bits per heavy atom. The zero-order valence-corrected chi connectivity index (χ0v) is 16.0. The summed E-state index contributed by atoms with van der Waals surface area (Å²) in [5.74, 6) is 0.778. The number of amides is 1. The molecule has 0 bridgehead atoms. The zero-order chi connectivity index (χ0) is 19.1. The summed E-state index contributed by atoms with van der Waals surface area (Å²) in [6, 6.07) is 17.9. The van der Waals surface area contributed by atoms with Crippen LogP contribution in [-0.4, -0.2) is 23.5 Å². The van der Waals surface area contributed by atoms with Crippen LogP contribution < -0.4 is 14.8 Å². The van der Waals surface area contributed by atoms with Crippen molar-refractivity contribution >= 4 is 23.5 Å². The molecule has 0 fully saturated rings. The Labute approximate surface area is 167 Å². The summed E-state index contributed by atoms with van der Waals surface area (Å²) in [5.41, 5.74) is 5.07. The van der Waals surface area contributed by atoms with Crippen LogP contribution in [0.4, 0.5) is 5.69 Å². The number of hydrogen-bond donors (Lipinski definition) is 1. The maximum atomic E-state index is 13.2. The van der Waals surface area contributed by atoms with Crippen molar-refractivity contribution in [3.63, 3.8) is 0 Å². The van der Waals surface area contributed by atoms with Crippen molar-refractivity contribution in [3.8, 4) is 17.0 Å². The van der Waals surface area contributed by atoms with Crippen LogP contribution in [0, 0.1) is 0 Å². The van der Waals surface area contributed by atoms with E-state index in [0.717, 1.165) is 39.6 Å². The fourth-order valence-electron chi connectivity index (χ4n) is 3.89. The predicted octanol–water partition coefficient (Wildman–Crippen LogP) is 3.61. The molecular formula is C22H19N3O2S. The van der Waals surface area contributed by atoms with Gasteiger partial charge in [0.2, 0.25) is 0 Å². The molecule has 1 amide bonds. The molecule has 0 aliphatic carbocycles. The first kappa shape index (κ1) is 17.3. The van der Waals surface area contributed by atoms with Gasteiger partial charge < -0.3 is 9.64 Å². The van der Waals surface area contributed by atoms with E-state index >= 15 is 0 Å². The molecule has 0 saturated heterocycles. The number of aromatic nitrogens is 1. The lowest BCUT2D eigenvalue weighted by atomic mass is 10.0. The Morgan fingerprint density at radius 3 is 2.86 bits per heavy atom. The molecule has 6 heteroatoms. The molecule has 0 saturated carbocycles. The SMILES string of the molecule is NSc1ccc2c(c1)N(C(=O)C1Cc3ccc(-c4ccccn4)cc3O1)CC2. The van der Waals surface area contributed by atoms with Crippen LogP contribution in [0.25, 0.3) is 11.3 Å². The van der Waals surface area contributed by atoms with Crippen LogP contribution in [0.15, 0.2) is 65.7 Å². The summed E-state index contributed by atoms with van der Waals surface area (Å²) in [6.45, 7) is 0.683. The van der Waals surface area contributed by atoms with E-state index in [-0.39, 0.29) is 5.91 Å². The largest absolute Gasteiger partial charge is 0.480 e. The summed E-state index contributed by atoms with van der Waals surface area (Å²) in [6.07, 6.45) is 2.73. The fourth-order valence-corrected chi connectivity index (χ4v) is 4.22. The van der Waals surface area contributed by atoms with Gasteiger partial charge in [0.1, 0.15) is 5.75 Å². The number of pyridine rings is 1. The molecule has 5 rings (SSSR count). The second kappa shape index (κ2) is 6.96. The van der Waals surface area contributed by atoms with Crippen molar-refractivity contribution in [1.29, 1.82) is 0 Å². The Kier molecular flexibility index (Phi) is 4.30. The minimum Gasteiger partial charge on any atom is -0.480 e. The van der Waals surface area contributed by atoms with Crippen LogP contribution in [0.5, 0.6) is 5.75 Å². The van der Waals surface area contributed by atoms with E-state index in [9.17, 15) is 4.79 Å². The van der Waals surface area contributed by atoms with E-state index < -0.39 is 6.10 Å². The van der Waals surface area contributed by atoms with Crippen molar-refractivity contribution in [2.75, 3.05) is 11.4 Å². The van der Waals surface area contributed by atoms with Crippen LogP contribution in [0.3, 0.4) is 0 Å². The number of fused-ring (bicyclic) bond motifs is 2. The number of carbonyl (C=O) groups excluding carboxylic acids is 1. The molecule has 2 aliphatic heterocycles. The van der Waals surface area contributed by atoms with Crippen molar-refractivity contribution in [2.45, 2.75) is 23.8 Å². The molecule has 1 atom stereocenters. The van der Waals surface area contributed by atoms with Gasteiger partial charge in [0.25, 0.3) is 5.91 Å².